The zero-order chi connectivity index (χ0) is 25.4. The number of amides is 1. The van der Waals surface area contributed by atoms with Crippen molar-refractivity contribution in [1.82, 2.24) is 10.6 Å². The third-order valence-electron chi connectivity index (χ3n) is 4.98. The number of alkyl halides is 3. The summed E-state index contributed by atoms with van der Waals surface area (Å²) >= 11 is 23.9. The largest absolute Gasteiger partial charge is 0.465 e. The number of anilines is 1. The predicted octanol–water partition coefficient (Wildman–Crippen LogP) is 5.40. The number of hydrogen-bond donors (Lipinski definition) is 3. The highest BCUT2D eigenvalue weighted by atomic mass is 35.6. The molecule has 0 saturated carbocycles. The summed E-state index contributed by atoms with van der Waals surface area (Å²) in [6.07, 6.45) is -1.15. The Labute approximate surface area is 223 Å². The molecule has 0 aliphatic heterocycles. The SMILES string of the molecule is COC(=O)c1ccc(NC(=S)NC(NC(=O)C(c2ccccc2)c2ccccc2)C(Cl)(Cl)Cl)cc1. The quantitative estimate of drug-likeness (QED) is 0.158. The minimum atomic E-state index is -1.92. The molecule has 10 heteroatoms. The minimum absolute atomic E-state index is 0.100. The normalized spacial score (nSPS) is 11.9. The highest BCUT2D eigenvalue weighted by molar-refractivity contribution is 7.80. The predicted molar refractivity (Wildman–Crippen MR) is 144 cm³/mol. The number of esters is 1. The van der Waals surface area contributed by atoms with Crippen molar-refractivity contribution in [3.05, 3.63) is 102 Å². The summed E-state index contributed by atoms with van der Waals surface area (Å²) in [5.41, 5.74) is 2.53. The van der Waals surface area contributed by atoms with Gasteiger partial charge in [-0.2, -0.15) is 0 Å². The van der Waals surface area contributed by atoms with Crippen LogP contribution in [0.25, 0.3) is 0 Å². The van der Waals surface area contributed by atoms with Crippen LogP contribution in [0.15, 0.2) is 84.9 Å². The second kappa shape index (κ2) is 12.2. The van der Waals surface area contributed by atoms with Crippen molar-refractivity contribution in [2.45, 2.75) is 15.9 Å². The number of carbonyl (C=O) groups is 2. The van der Waals surface area contributed by atoms with E-state index in [-0.39, 0.29) is 11.0 Å². The van der Waals surface area contributed by atoms with E-state index in [1.807, 2.05) is 60.7 Å². The minimum Gasteiger partial charge on any atom is -0.465 e. The highest BCUT2D eigenvalue weighted by Crippen LogP contribution is 2.31. The number of benzene rings is 3. The first-order valence-corrected chi connectivity index (χ1v) is 12.0. The Hall–Kier alpha value is -2.84. The van der Waals surface area contributed by atoms with Crippen LogP contribution in [0.3, 0.4) is 0 Å². The Morgan fingerprint density at radius 3 is 1.80 bits per heavy atom. The fourth-order valence-corrected chi connectivity index (χ4v) is 3.88. The van der Waals surface area contributed by atoms with Gasteiger partial charge in [-0.3, -0.25) is 4.79 Å². The number of carbonyl (C=O) groups excluding carboxylic acids is 2. The van der Waals surface area contributed by atoms with Crippen molar-refractivity contribution in [1.29, 1.82) is 0 Å². The molecule has 0 radical (unpaired) electrons. The monoisotopic (exact) mass is 549 g/mol. The Bertz CT molecular complexity index is 1120. The van der Waals surface area contributed by atoms with E-state index < -0.39 is 21.8 Å². The molecule has 3 rings (SSSR count). The van der Waals surface area contributed by atoms with Crippen LogP contribution in [0.5, 0.6) is 0 Å². The lowest BCUT2D eigenvalue weighted by atomic mass is 9.90. The average Bonchev–Trinajstić information content (AvgIpc) is 2.84. The second-order valence-corrected chi connectivity index (χ2v) is 10.2. The lowest BCUT2D eigenvalue weighted by molar-refractivity contribution is -0.122. The van der Waals surface area contributed by atoms with Crippen molar-refractivity contribution in [3.8, 4) is 0 Å². The van der Waals surface area contributed by atoms with Crippen LogP contribution in [-0.2, 0) is 9.53 Å². The molecule has 1 amide bonds. The molecule has 0 fully saturated rings. The number of nitrogens with one attached hydrogen (secondary N) is 3. The van der Waals surface area contributed by atoms with Gasteiger partial charge in [-0.15, -0.1) is 0 Å². The Balaban J connectivity index is 1.76. The molecule has 6 nitrogen and oxygen atoms in total. The smallest absolute Gasteiger partial charge is 0.337 e. The molecule has 3 aromatic carbocycles. The first kappa shape index (κ1) is 26.8. The van der Waals surface area contributed by atoms with Gasteiger partial charge in [-0.25, -0.2) is 4.79 Å². The van der Waals surface area contributed by atoms with E-state index in [1.165, 1.54) is 7.11 Å². The summed E-state index contributed by atoms with van der Waals surface area (Å²) in [4.78, 5) is 25.0. The van der Waals surface area contributed by atoms with Crippen molar-refractivity contribution < 1.29 is 14.3 Å². The molecule has 35 heavy (non-hydrogen) atoms. The summed E-state index contributed by atoms with van der Waals surface area (Å²) in [5, 5.41) is 8.65. The van der Waals surface area contributed by atoms with Crippen molar-refractivity contribution >= 4 is 69.7 Å². The summed E-state index contributed by atoms with van der Waals surface area (Å²) in [5.74, 6) is -1.47. The molecule has 0 aliphatic rings. The van der Waals surface area contributed by atoms with Gasteiger partial charge in [0.05, 0.1) is 18.6 Å². The zero-order valence-corrected chi connectivity index (χ0v) is 21.6. The number of halogens is 3. The van der Waals surface area contributed by atoms with Crippen LogP contribution in [-0.4, -0.2) is 34.1 Å². The van der Waals surface area contributed by atoms with Crippen LogP contribution in [0.4, 0.5) is 5.69 Å². The molecule has 1 unspecified atom stereocenters. The van der Waals surface area contributed by atoms with Gasteiger partial charge in [0.15, 0.2) is 5.11 Å². The molecule has 0 heterocycles. The van der Waals surface area contributed by atoms with Crippen molar-refractivity contribution in [2.75, 3.05) is 12.4 Å². The maximum Gasteiger partial charge on any atom is 0.337 e. The Morgan fingerprint density at radius 2 is 1.34 bits per heavy atom. The van der Waals surface area contributed by atoms with E-state index in [0.717, 1.165) is 11.1 Å². The van der Waals surface area contributed by atoms with Crippen LogP contribution in [0.1, 0.15) is 27.4 Å². The molecule has 3 N–H and O–H groups in total. The van der Waals surface area contributed by atoms with Crippen LogP contribution in [0.2, 0.25) is 0 Å². The maximum absolute atomic E-state index is 13.4. The fraction of sp³-hybridized carbons (Fsp3) is 0.160. The lowest BCUT2D eigenvalue weighted by Gasteiger charge is -2.29. The van der Waals surface area contributed by atoms with Crippen molar-refractivity contribution in [2.24, 2.45) is 0 Å². The van der Waals surface area contributed by atoms with Gasteiger partial charge >= 0.3 is 5.97 Å². The zero-order valence-electron chi connectivity index (χ0n) is 18.5. The molecular weight excluding hydrogens is 529 g/mol. The molecule has 0 aromatic heterocycles. The first-order valence-electron chi connectivity index (χ1n) is 10.4. The molecule has 0 spiro atoms. The number of rotatable bonds is 7. The average molecular weight is 551 g/mol. The number of methoxy groups -OCH3 is 1. The van der Waals surface area contributed by atoms with Crippen LogP contribution in [0, 0.1) is 0 Å². The molecule has 0 aliphatic carbocycles. The van der Waals surface area contributed by atoms with E-state index in [4.69, 9.17) is 47.0 Å². The van der Waals surface area contributed by atoms with Gasteiger partial charge in [0.25, 0.3) is 0 Å². The topological polar surface area (TPSA) is 79.5 Å². The molecule has 1 atom stereocenters. The van der Waals surface area contributed by atoms with Gasteiger partial charge < -0.3 is 20.7 Å². The second-order valence-electron chi connectivity index (χ2n) is 7.40. The Morgan fingerprint density at radius 1 is 0.829 bits per heavy atom. The summed E-state index contributed by atoms with van der Waals surface area (Å²) in [7, 11) is 1.30. The summed E-state index contributed by atoms with van der Waals surface area (Å²) in [6.45, 7) is 0. The number of thiocarbonyl (C=S) groups is 1. The van der Waals surface area contributed by atoms with Gasteiger partial charge in [0.2, 0.25) is 9.70 Å². The van der Waals surface area contributed by atoms with Gasteiger partial charge in [0.1, 0.15) is 6.17 Å². The van der Waals surface area contributed by atoms with Gasteiger partial charge in [0, 0.05) is 5.69 Å². The van der Waals surface area contributed by atoms with Crippen LogP contribution < -0.4 is 16.0 Å². The maximum atomic E-state index is 13.4. The Kier molecular flexibility index (Phi) is 9.34. The van der Waals surface area contributed by atoms with Gasteiger partial charge in [-0.1, -0.05) is 95.5 Å². The number of hydrogen-bond acceptors (Lipinski definition) is 4. The fourth-order valence-electron chi connectivity index (χ4n) is 3.32. The van der Waals surface area contributed by atoms with Crippen LogP contribution >= 0.6 is 47.0 Å². The molecule has 0 bridgehead atoms. The summed E-state index contributed by atoms with van der Waals surface area (Å²) < 4.78 is 2.76. The van der Waals surface area contributed by atoms with E-state index in [1.54, 1.807) is 24.3 Å². The van der Waals surface area contributed by atoms with E-state index in [9.17, 15) is 9.59 Å². The third kappa shape index (κ3) is 7.57. The molecule has 0 saturated heterocycles. The summed E-state index contributed by atoms with van der Waals surface area (Å²) in [6, 6.07) is 25.0. The first-order chi connectivity index (χ1) is 16.7. The highest BCUT2D eigenvalue weighted by Gasteiger charge is 2.36. The lowest BCUT2D eigenvalue weighted by Crippen LogP contribution is -2.57. The third-order valence-corrected chi connectivity index (χ3v) is 5.86. The van der Waals surface area contributed by atoms with Crippen molar-refractivity contribution in [3.63, 3.8) is 0 Å². The standard InChI is InChI=1S/C25H22Cl3N3O3S/c1-34-22(33)18-12-14-19(15-13-18)29-24(35)31-23(25(26,27)28)30-21(32)20(16-8-4-2-5-9-16)17-10-6-3-7-11-17/h2-15,20,23H,1H3,(H,30,32)(H2,29,31,35). The number of ether oxygens (including phenoxy) is 1. The van der Waals surface area contributed by atoms with E-state index in [2.05, 4.69) is 20.7 Å². The van der Waals surface area contributed by atoms with Gasteiger partial charge in [-0.05, 0) is 47.6 Å². The van der Waals surface area contributed by atoms with E-state index in [0.29, 0.717) is 11.3 Å². The molecular formula is C25H22Cl3N3O3S. The molecule has 3 aromatic rings. The van der Waals surface area contributed by atoms with E-state index >= 15 is 0 Å². The molecule has 182 valence electrons.